The number of aryl methyl sites for hydroxylation is 1. The molecule has 1 heterocycles. The highest BCUT2D eigenvalue weighted by Gasteiger charge is 2.14. The van der Waals surface area contributed by atoms with Crippen LogP contribution in [0.2, 0.25) is 0 Å². The van der Waals surface area contributed by atoms with E-state index in [1.54, 1.807) is 11.3 Å². The summed E-state index contributed by atoms with van der Waals surface area (Å²) in [7, 11) is 0. The van der Waals surface area contributed by atoms with Gasteiger partial charge in [0.25, 0.3) is 5.91 Å². The molecule has 0 bridgehead atoms. The van der Waals surface area contributed by atoms with Crippen molar-refractivity contribution in [3.05, 3.63) is 64.5 Å². The summed E-state index contributed by atoms with van der Waals surface area (Å²) >= 11 is 1.57. The summed E-state index contributed by atoms with van der Waals surface area (Å²) in [6.07, 6.45) is 1.00. The summed E-state index contributed by atoms with van der Waals surface area (Å²) in [5.41, 5.74) is 3.07. The van der Waals surface area contributed by atoms with Gasteiger partial charge in [0.05, 0.1) is 10.2 Å². The van der Waals surface area contributed by atoms with Gasteiger partial charge in [-0.2, -0.15) is 4.99 Å². The topological polar surface area (TPSA) is 34.4 Å². The number of para-hydroxylation sites is 1. The molecular weight excluding hydrogens is 328 g/mol. The maximum absolute atomic E-state index is 12.6. The molecule has 3 nitrogen and oxygen atoms in total. The van der Waals surface area contributed by atoms with E-state index < -0.39 is 0 Å². The van der Waals surface area contributed by atoms with Crippen molar-refractivity contribution in [3.8, 4) is 0 Å². The van der Waals surface area contributed by atoms with Crippen LogP contribution in [0.25, 0.3) is 10.2 Å². The number of hydrogen-bond donors (Lipinski definition) is 0. The minimum absolute atomic E-state index is 0.0777. The minimum Gasteiger partial charge on any atom is -0.316 e. The van der Waals surface area contributed by atoms with Crippen molar-refractivity contribution in [1.29, 1.82) is 0 Å². The average Bonchev–Trinajstić information content (AvgIpc) is 2.92. The number of benzene rings is 2. The van der Waals surface area contributed by atoms with Crippen LogP contribution in [0, 0.1) is 0 Å². The fraction of sp³-hybridized carbons (Fsp3) is 0.333. The lowest BCUT2D eigenvalue weighted by Crippen LogP contribution is -2.17. The molecule has 4 heteroatoms. The Morgan fingerprint density at radius 2 is 1.76 bits per heavy atom. The van der Waals surface area contributed by atoms with Gasteiger partial charge in [-0.1, -0.05) is 63.3 Å². The van der Waals surface area contributed by atoms with Gasteiger partial charge in [-0.3, -0.25) is 4.79 Å². The predicted molar refractivity (Wildman–Crippen MR) is 105 cm³/mol. The third kappa shape index (κ3) is 3.74. The quantitative estimate of drug-likeness (QED) is 0.642. The summed E-state index contributed by atoms with van der Waals surface area (Å²) in [6.45, 7) is 9.49. The van der Waals surface area contributed by atoms with Crippen LogP contribution >= 0.6 is 11.3 Å². The van der Waals surface area contributed by atoms with Gasteiger partial charge in [0.15, 0.2) is 4.80 Å². The lowest BCUT2D eigenvalue weighted by atomic mass is 9.87. The highest BCUT2D eigenvalue weighted by Crippen LogP contribution is 2.22. The Balaban J connectivity index is 2.01. The molecule has 0 aliphatic carbocycles. The molecule has 1 amide bonds. The molecule has 130 valence electrons. The normalized spacial score (nSPS) is 12.7. The van der Waals surface area contributed by atoms with Gasteiger partial charge in [-0.25, -0.2) is 0 Å². The molecule has 3 aromatic rings. The maximum Gasteiger partial charge on any atom is 0.279 e. The predicted octanol–water partition coefficient (Wildman–Crippen LogP) is 5.15. The lowest BCUT2D eigenvalue weighted by Gasteiger charge is -2.18. The second-order valence-electron chi connectivity index (χ2n) is 7.25. The van der Waals surface area contributed by atoms with Crippen molar-refractivity contribution >= 4 is 27.5 Å². The first kappa shape index (κ1) is 17.6. The van der Waals surface area contributed by atoms with Crippen molar-refractivity contribution < 1.29 is 4.79 Å². The van der Waals surface area contributed by atoms with Crippen molar-refractivity contribution in [2.45, 2.75) is 46.1 Å². The average molecular weight is 353 g/mol. The molecule has 0 radical (unpaired) electrons. The number of nitrogens with zero attached hydrogens (tertiary/aromatic N) is 2. The second-order valence-corrected chi connectivity index (χ2v) is 8.26. The van der Waals surface area contributed by atoms with E-state index in [4.69, 9.17) is 0 Å². The SMILES string of the molecule is CCCn1c(=NC(=O)c2ccc(C(C)(C)C)cc2)sc2ccccc21. The Labute approximate surface area is 152 Å². The lowest BCUT2D eigenvalue weighted by molar-refractivity contribution is 0.0997. The van der Waals surface area contributed by atoms with E-state index in [-0.39, 0.29) is 11.3 Å². The number of hydrogen-bond acceptors (Lipinski definition) is 2. The van der Waals surface area contributed by atoms with E-state index in [9.17, 15) is 4.79 Å². The molecule has 3 rings (SSSR count). The Kier molecular flexibility index (Phi) is 4.91. The second kappa shape index (κ2) is 6.96. The first-order chi connectivity index (χ1) is 11.9. The molecule has 25 heavy (non-hydrogen) atoms. The van der Waals surface area contributed by atoms with E-state index in [1.165, 1.54) is 5.56 Å². The molecule has 0 unspecified atom stereocenters. The van der Waals surface area contributed by atoms with Gasteiger partial charge in [0, 0.05) is 12.1 Å². The van der Waals surface area contributed by atoms with Crippen molar-refractivity contribution in [2.24, 2.45) is 4.99 Å². The summed E-state index contributed by atoms with van der Waals surface area (Å²) in [6, 6.07) is 16.0. The fourth-order valence-electron chi connectivity index (χ4n) is 2.81. The van der Waals surface area contributed by atoms with E-state index in [0.29, 0.717) is 5.56 Å². The van der Waals surface area contributed by atoms with Crippen LogP contribution in [0.1, 0.15) is 50.0 Å². The van der Waals surface area contributed by atoms with Crippen molar-refractivity contribution in [1.82, 2.24) is 4.57 Å². The Bertz CT molecular complexity index is 956. The van der Waals surface area contributed by atoms with Crippen LogP contribution in [-0.2, 0) is 12.0 Å². The van der Waals surface area contributed by atoms with Crippen LogP contribution < -0.4 is 4.80 Å². The number of carbonyl (C=O) groups excluding carboxylic acids is 1. The molecule has 0 aliphatic heterocycles. The van der Waals surface area contributed by atoms with Gasteiger partial charge in [-0.05, 0) is 41.7 Å². The number of aromatic nitrogens is 1. The molecule has 0 fully saturated rings. The smallest absolute Gasteiger partial charge is 0.279 e. The molecule has 0 aliphatic rings. The summed E-state index contributed by atoms with van der Waals surface area (Å²) in [5.74, 6) is -0.183. The van der Waals surface area contributed by atoms with E-state index in [0.717, 1.165) is 28.0 Å². The van der Waals surface area contributed by atoms with Crippen LogP contribution in [0.4, 0.5) is 0 Å². The van der Waals surface area contributed by atoms with Gasteiger partial charge < -0.3 is 4.57 Å². The van der Waals surface area contributed by atoms with Crippen LogP contribution in [0.3, 0.4) is 0 Å². The summed E-state index contributed by atoms with van der Waals surface area (Å²) in [5, 5.41) is 0. The highest BCUT2D eigenvalue weighted by atomic mass is 32.1. The number of thiazole rings is 1. The van der Waals surface area contributed by atoms with Gasteiger partial charge in [-0.15, -0.1) is 0 Å². The van der Waals surface area contributed by atoms with Crippen LogP contribution in [-0.4, -0.2) is 10.5 Å². The Morgan fingerprint density at radius 3 is 2.40 bits per heavy atom. The molecular formula is C21H24N2OS. The first-order valence-electron chi connectivity index (χ1n) is 8.68. The Morgan fingerprint density at radius 1 is 1.08 bits per heavy atom. The fourth-order valence-corrected chi connectivity index (χ4v) is 3.86. The zero-order valence-electron chi connectivity index (χ0n) is 15.2. The van der Waals surface area contributed by atoms with Crippen molar-refractivity contribution in [3.63, 3.8) is 0 Å². The minimum atomic E-state index is -0.183. The molecule has 2 aromatic carbocycles. The summed E-state index contributed by atoms with van der Waals surface area (Å²) in [4.78, 5) is 17.8. The summed E-state index contributed by atoms with van der Waals surface area (Å²) < 4.78 is 3.30. The van der Waals surface area contributed by atoms with E-state index >= 15 is 0 Å². The molecule has 0 saturated heterocycles. The van der Waals surface area contributed by atoms with Crippen molar-refractivity contribution in [2.75, 3.05) is 0 Å². The third-order valence-corrected chi connectivity index (χ3v) is 5.29. The number of carbonyl (C=O) groups is 1. The van der Waals surface area contributed by atoms with Gasteiger partial charge in [0.1, 0.15) is 0 Å². The highest BCUT2D eigenvalue weighted by molar-refractivity contribution is 7.16. The molecule has 0 saturated carbocycles. The van der Waals surface area contributed by atoms with E-state index in [2.05, 4.69) is 49.4 Å². The number of rotatable bonds is 3. The number of fused-ring (bicyclic) bond motifs is 1. The molecule has 0 N–H and O–H groups in total. The number of amides is 1. The standard InChI is InChI=1S/C21H24N2OS/c1-5-14-23-17-8-6-7-9-18(17)25-20(23)22-19(24)15-10-12-16(13-11-15)21(2,3)4/h6-13H,5,14H2,1-4H3. The van der Waals surface area contributed by atoms with Crippen LogP contribution in [0.5, 0.6) is 0 Å². The van der Waals surface area contributed by atoms with Gasteiger partial charge in [0.2, 0.25) is 0 Å². The third-order valence-electron chi connectivity index (χ3n) is 4.23. The zero-order valence-corrected chi connectivity index (χ0v) is 16.1. The molecule has 0 spiro atoms. The molecule has 0 atom stereocenters. The van der Waals surface area contributed by atoms with E-state index in [1.807, 2.05) is 36.4 Å². The largest absolute Gasteiger partial charge is 0.316 e. The van der Waals surface area contributed by atoms with Gasteiger partial charge >= 0.3 is 0 Å². The maximum atomic E-state index is 12.6. The van der Waals surface area contributed by atoms with Crippen LogP contribution in [0.15, 0.2) is 53.5 Å². The first-order valence-corrected chi connectivity index (χ1v) is 9.50. The monoisotopic (exact) mass is 352 g/mol. The Hall–Kier alpha value is -2.20. The molecule has 1 aromatic heterocycles. The zero-order chi connectivity index (χ0) is 18.0.